The van der Waals surface area contributed by atoms with Gasteiger partial charge in [0, 0.05) is 29.1 Å². The molecule has 0 aromatic carbocycles. The molecular weight excluding hydrogens is 360 g/mol. The first-order valence-electron chi connectivity index (χ1n) is 6.36. The van der Waals surface area contributed by atoms with Crippen LogP contribution < -0.4 is 0 Å². The van der Waals surface area contributed by atoms with Crippen LogP contribution in [0.5, 0.6) is 0 Å². The summed E-state index contributed by atoms with van der Waals surface area (Å²) in [4.78, 5) is 15.3. The normalized spacial score (nSPS) is 10.8. The molecule has 0 N–H and O–H groups in total. The maximum Gasteiger partial charge on any atom is 0.270 e. The van der Waals surface area contributed by atoms with Crippen molar-refractivity contribution in [3.8, 4) is 0 Å². The molecule has 6 heteroatoms. The molecule has 0 fully saturated rings. The average Bonchev–Trinajstić information content (AvgIpc) is 2.95. The summed E-state index contributed by atoms with van der Waals surface area (Å²) in [5, 5.41) is 0. The third kappa shape index (κ3) is 3.65. The second-order valence-corrected chi connectivity index (χ2v) is 7.32. The van der Waals surface area contributed by atoms with Gasteiger partial charge < -0.3 is 9.47 Å². The van der Waals surface area contributed by atoms with Gasteiger partial charge in [-0.05, 0) is 40.5 Å². The van der Waals surface area contributed by atoms with Crippen LogP contribution in [0.15, 0.2) is 28.9 Å². The molecule has 0 radical (unpaired) electrons. The van der Waals surface area contributed by atoms with Gasteiger partial charge in [0.15, 0.2) is 0 Å². The van der Waals surface area contributed by atoms with E-state index in [0.717, 1.165) is 26.7 Å². The fourth-order valence-electron chi connectivity index (χ4n) is 2.02. The molecule has 0 aliphatic heterocycles. The van der Waals surface area contributed by atoms with Crippen molar-refractivity contribution in [2.45, 2.75) is 26.4 Å². The monoisotopic (exact) mass is 374 g/mol. The fraction of sp³-hybridized carbons (Fsp3) is 0.357. The summed E-state index contributed by atoms with van der Waals surface area (Å²) in [5.41, 5.74) is 0.712. The van der Waals surface area contributed by atoms with E-state index >= 15 is 0 Å². The van der Waals surface area contributed by atoms with E-state index in [1.54, 1.807) is 4.90 Å². The van der Waals surface area contributed by atoms with Crippen molar-refractivity contribution in [1.29, 1.82) is 0 Å². The molecule has 1 amide bonds. The first kappa shape index (κ1) is 15.6. The highest BCUT2D eigenvalue weighted by atomic mass is 79.9. The van der Waals surface area contributed by atoms with E-state index in [9.17, 15) is 4.79 Å². The highest BCUT2D eigenvalue weighted by molar-refractivity contribution is 9.10. The van der Waals surface area contributed by atoms with E-state index in [-0.39, 0.29) is 5.91 Å². The summed E-state index contributed by atoms with van der Waals surface area (Å²) in [6.07, 6.45) is 2.94. The van der Waals surface area contributed by atoms with Crippen LogP contribution in [0.1, 0.15) is 28.7 Å². The highest BCUT2D eigenvalue weighted by Gasteiger charge is 2.17. The zero-order valence-electron chi connectivity index (χ0n) is 11.4. The van der Waals surface area contributed by atoms with Crippen molar-refractivity contribution in [1.82, 2.24) is 9.47 Å². The molecule has 20 heavy (non-hydrogen) atoms. The van der Waals surface area contributed by atoms with Gasteiger partial charge in [0.1, 0.15) is 5.69 Å². The van der Waals surface area contributed by atoms with Crippen LogP contribution in [0.4, 0.5) is 0 Å². The minimum Gasteiger partial charge on any atom is -0.342 e. The van der Waals surface area contributed by atoms with Crippen LogP contribution in [-0.4, -0.2) is 22.4 Å². The van der Waals surface area contributed by atoms with Crippen LogP contribution in [0, 0.1) is 0 Å². The zero-order valence-corrected chi connectivity index (χ0v) is 14.6. The number of aromatic nitrogens is 1. The second-order valence-electron chi connectivity index (χ2n) is 4.60. The van der Waals surface area contributed by atoms with Gasteiger partial charge in [0.25, 0.3) is 5.91 Å². The van der Waals surface area contributed by atoms with Gasteiger partial charge in [0.05, 0.1) is 10.9 Å². The van der Waals surface area contributed by atoms with E-state index < -0.39 is 0 Å². The number of carbonyl (C=O) groups is 1. The molecule has 3 nitrogen and oxygen atoms in total. The van der Waals surface area contributed by atoms with Gasteiger partial charge in [-0.25, -0.2) is 0 Å². The topological polar surface area (TPSA) is 25.2 Å². The summed E-state index contributed by atoms with van der Waals surface area (Å²) in [6.45, 7) is 3.51. The molecule has 2 rings (SSSR count). The lowest BCUT2D eigenvalue weighted by Gasteiger charge is -2.17. The van der Waals surface area contributed by atoms with Gasteiger partial charge in [0.2, 0.25) is 0 Å². The number of carbonyl (C=O) groups excluding carboxylic acids is 1. The molecule has 0 spiro atoms. The maximum absolute atomic E-state index is 12.5. The number of thiophene rings is 1. The first-order valence-corrected chi connectivity index (χ1v) is 8.35. The lowest BCUT2D eigenvalue weighted by molar-refractivity contribution is 0.0775. The third-order valence-electron chi connectivity index (χ3n) is 2.92. The Balaban J connectivity index is 2.13. The van der Waals surface area contributed by atoms with Gasteiger partial charge in [-0.3, -0.25) is 4.79 Å². The van der Waals surface area contributed by atoms with Gasteiger partial charge in [-0.2, -0.15) is 0 Å². The Morgan fingerprint density at radius 3 is 2.85 bits per heavy atom. The van der Waals surface area contributed by atoms with Crippen molar-refractivity contribution in [2.24, 2.45) is 0 Å². The Labute approximate surface area is 136 Å². The van der Waals surface area contributed by atoms with Crippen molar-refractivity contribution < 1.29 is 4.79 Å². The minimum absolute atomic E-state index is 0.0219. The smallest absolute Gasteiger partial charge is 0.270 e. The van der Waals surface area contributed by atoms with E-state index in [2.05, 4.69) is 22.9 Å². The summed E-state index contributed by atoms with van der Waals surface area (Å²) in [5.74, 6) is 0.0219. The van der Waals surface area contributed by atoms with E-state index in [1.807, 2.05) is 36.0 Å². The number of rotatable bonds is 5. The van der Waals surface area contributed by atoms with E-state index in [0.29, 0.717) is 12.2 Å². The molecule has 2 heterocycles. The quantitative estimate of drug-likeness (QED) is 0.747. The van der Waals surface area contributed by atoms with Crippen molar-refractivity contribution >= 4 is 44.8 Å². The number of aryl methyl sites for hydroxylation is 1. The lowest BCUT2D eigenvalue weighted by Crippen LogP contribution is -2.27. The number of amides is 1. The summed E-state index contributed by atoms with van der Waals surface area (Å²) >= 11 is 10.9. The molecule has 0 saturated carbocycles. The van der Waals surface area contributed by atoms with Crippen molar-refractivity contribution in [3.63, 3.8) is 0 Å². The molecule has 0 bridgehead atoms. The van der Waals surface area contributed by atoms with E-state index in [1.165, 1.54) is 11.3 Å². The molecule has 0 aliphatic carbocycles. The second kappa shape index (κ2) is 6.78. The van der Waals surface area contributed by atoms with Gasteiger partial charge >= 0.3 is 0 Å². The largest absolute Gasteiger partial charge is 0.342 e. The highest BCUT2D eigenvalue weighted by Crippen LogP contribution is 2.23. The fourth-order valence-corrected chi connectivity index (χ4v) is 3.62. The summed E-state index contributed by atoms with van der Waals surface area (Å²) < 4.78 is 3.67. The van der Waals surface area contributed by atoms with Crippen LogP contribution in [-0.2, 0) is 13.1 Å². The molecule has 2 aromatic rings. The number of halogens is 2. The van der Waals surface area contributed by atoms with Crippen molar-refractivity contribution in [2.75, 3.05) is 7.05 Å². The molecule has 2 aromatic heterocycles. The third-order valence-corrected chi connectivity index (χ3v) is 4.56. The molecule has 0 atom stereocenters. The van der Waals surface area contributed by atoms with Crippen LogP contribution in [0.25, 0.3) is 0 Å². The number of hydrogen-bond donors (Lipinski definition) is 0. The van der Waals surface area contributed by atoms with Crippen LogP contribution in [0.3, 0.4) is 0 Å². The molecule has 0 unspecified atom stereocenters. The zero-order chi connectivity index (χ0) is 14.7. The Hall–Kier alpha value is -0.780. The van der Waals surface area contributed by atoms with Gasteiger partial charge in [-0.15, -0.1) is 11.3 Å². The molecular formula is C14H16BrClN2OS. The first-order chi connectivity index (χ1) is 9.51. The summed E-state index contributed by atoms with van der Waals surface area (Å²) in [7, 11) is 1.81. The van der Waals surface area contributed by atoms with E-state index in [4.69, 9.17) is 11.6 Å². The Morgan fingerprint density at radius 2 is 2.25 bits per heavy atom. The Kier molecular flexibility index (Phi) is 5.29. The average molecular weight is 376 g/mol. The predicted molar refractivity (Wildman–Crippen MR) is 87.5 cm³/mol. The Bertz CT molecular complexity index is 608. The summed E-state index contributed by atoms with van der Waals surface area (Å²) in [6, 6.07) is 5.68. The van der Waals surface area contributed by atoms with Crippen molar-refractivity contribution in [3.05, 3.63) is 43.8 Å². The predicted octanol–water partition coefficient (Wildman–Crippen LogP) is 4.65. The number of nitrogens with zero attached hydrogens (tertiary/aromatic N) is 2. The lowest BCUT2D eigenvalue weighted by atomic mass is 10.3. The SMILES string of the molecule is CCCn1cc(Br)cc1C(=O)N(C)Cc1ccc(Cl)s1. The standard InChI is InChI=1S/C14H16BrClN2OS/c1-3-6-18-8-10(15)7-12(18)14(19)17(2)9-11-4-5-13(16)20-11/h4-5,7-8H,3,6,9H2,1-2H3. The number of hydrogen-bond acceptors (Lipinski definition) is 2. The van der Waals surface area contributed by atoms with Crippen LogP contribution >= 0.6 is 38.9 Å². The molecule has 0 aliphatic rings. The minimum atomic E-state index is 0.0219. The maximum atomic E-state index is 12.5. The molecule has 108 valence electrons. The Morgan fingerprint density at radius 1 is 1.50 bits per heavy atom. The van der Waals surface area contributed by atoms with Gasteiger partial charge in [-0.1, -0.05) is 18.5 Å². The van der Waals surface area contributed by atoms with Crippen LogP contribution in [0.2, 0.25) is 4.34 Å². The molecule has 0 saturated heterocycles.